The number of thiophene rings is 1. The van der Waals surface area contributed by atoms with Crippen molar-refractivity contribution in [2.24, 2.45) is 0 Å². The monoisotopic (exact) mass is 270 g/mol. The van der Waals surface area contributed by atoms with E-state index in [0.717, 1.165) is 35.4 Å². The third kappa shape index (κ3) is 2.93. The van der Waals surface area contributed by atoms with Crippen LogP contribution in [-0.2, 0) is 12.6 Å². The zero-order valence-corrected chi connectivity index (χ0v) is 10.7. The van der Waals surface area contributed by atoms with Gasteiger partial charge in [-0.2, -0.15) is 13.2 Å². The summed E-state index contributed by atoms with van der Waals surface area (Å²) in [5.41, 5.74) is 0.243. The zero-order chi connectivity index (χ0) is 13.2. The van der Waals surface area contributed by atoms with Crippen molar-refractivity contribution >= 4 is 11.3 Å². The summed E-state index contributed by atoms with van der Waals surface area (Å²) in [4.78, 5) is 2.29. The molecule has 0 aliphatic rings. The second-order valence-electron chi connectivity index (χ2n) is 4.09. The van der Waals surface area contributed by atoms with Gasteiger partial charge in [-0.15, -0.1) is 11.3 Å². The maximum atomic E-state index is 12.4. The molecule has 1 aromatic carbocycles. The Morgan fingerprint density at radius 3 is 2.22 bits per heavy atom. The van der Waals surface area contributed by atoms with Crippen LogP contribution in [0, 0.1) is 0 Å². The molecule has 0 radical (unpaired) electrons. The highest BCUT2D eigenvalue weighted by Crippen LogP contribution is 2.33. The summed E-state index contributed by atoms with van der Waals surface area (Å²) in [7, 11) is 0. The molecule has 0 amide bonds. The second-order valence-corrected chi connectivity index (χ2v) is 5.26. The first-order valence-electron chi connectivity index (χ1n) is 5.77. The number of rotatable bonds is 3. The molecule has 18 heavy (non-hydrogen) atoms. The number of halogens is 3. The molecule has 0 saturated heterocycles. The molecule has 2 rings (SSSR count). The minimum Gasteiger partial charge on any atom is -0.166 e. The van der Waals surface area contributed by atoms with Gasteiger partial charge >= 0.3 is 6.18 Å². The Morgan fingerprint density at radius 2 is 1.67 bits per heavy atom. The van der Waals surface area contributed by atoms with Gasteiger partial charge in [-0.25, -0.2) is 0 Å². The Balaban J connectivity index is 2.23. The maximum absolute atomic E-state index is 12.4. The highest BCUT2D eigenvalue weighted by atomic mass is 32.1. The van der Waals surface area contributed by atoms with Crippen LogP contribution >= 0.6 is 11.3 Å². The summed E-state index contributed by atoms with van der Waals surface area (Å²) >= 11 is 1.64. The van der Waals surface area contributed by atoms with Crippen molar-refractivity contribution in [3.05, 3.63) is 46.8 Å². The number of alkyl halides is 3. The van der Waals surface area contributed by atoms with Gasteiger partial charge in [0.15, 0.2) is 0 Å². The van der Waals surface area contributed by atoms with E-state index < -0.39 is 11.7 Å². The van der Waals surface area contributed by atoms with E-state index >= 15 is 0 Å². The van der Waals surface area contributed by atoms with Crippen LogP contribution in [-0.4, -0.2) is 0 Å². The zero-order valence-electron chi connectivity index (χ0n) is 9.92. The lowest BCUT2D eigenvalue weighted by Gasteiger charge is -2.06. The molecule has 0 aliphatic heterocycles. The van der Waals surface area contributed by atoms with Crippen LogP contribution in [0.2, 0.25) is 0 Å². The fourth-order valence-corrected chi connectivity index (χ4v) is 2.85. The summed E-state index contributed by atoms with van der Waals surface area (Å²) in [6.45, 7) is 2.11. The number of hydrogen-bond donors (Lipinski definition) is 0. The first-order chi connectivity index (χ1) is 8.50. The smallest absolute Gasteiger partial charge is 0.166 e. The highest BCUT2D eigenvalue weighted by Gasteiger charge is 2.29. The SMILES string of the molecule is CCCc1ccc(-c2ccc(C(F)(F)F)cc2)s1. The molecule has 0 atom stereocenters. The van der Waals surface area contributed by atoms with E-state index in [1.54, 1.807) is 11.3 Å². The van der Waals surface area contributed by atoms with E-state index in [-0.39, 0.29) is 0 Å². The lowest BCUT2D eigenvalue weighted by atomic mass is 10.1. The van der Waals surface area contributed by atoms with Gasteiger partial charge in [-0.1, -0.05) is 25.5 Å². The normalized spacial score (nSPS) is 11.8. The first kappa shape index (κ1) is 13.1. The topological polar surface area (TPSA) is 0 Å². The fourth-order valence-electron chi connectivity index (χ4n) is 1.74. The van der Waals surface area contributed by atoms with Crippen LogP contribution in [0.4, 0.5) is 13.2 Å². The van der Waals surface area contributed by atoms with E-state index in [2.05, 4.69) is 6.92 Å². The number of benzene rings is 1. The van der Waals surface area contributed by atoms with Gasteiger partial charge in [0.25, 0.3) is 0 Å². The Kier molecular flexibility index (Phi) is 3.76. The molecule has 1 aromatic heterocycles. The minimum atomic E-state index is -4.26. The molecule has 0 saturated carbocycles. The average molecular weight is 270 g/mol. The molecule has 4 heteroatoms. The van der Waals surface area contributed by atoms with E-state index in [0.29, 0.717) is 0 Å². The van der Waals surface area contributed by atoms with Crippen LogP contribution in [0.25, 0.3) is 10.4 Å². The molecule has 0 aliphatic carbocycles. The van der Waals surface area contributed by atoms with Gasteiger partial charge in [0.2, 0.25) is 0 Å². The molecule has 2 aromatic rings. The Bertz CT molecular complexity index is 509. The van der Waals surface area contributed by atoms with Crippen molar-refractivity contribution in [2.45, 2.75) is 25.9 Å². The Morgan fingerprint density at radius 1 is 1.00 bits per heavy atom. The van der Waals surface area contributed by atoms with E-state index in [9.17, 15) is 13.2 Å². The molecule has 96 valence electrons. The van der Waals surface area contributed by atoms with Crippen LogP contribution in [0.3, 0.4) is 0 Å². The van der Waals surface area contributed by atoms with Gasteiger partial charge in [0.1, 0.15) is 0 Å². The molecule has 0 bridgehead atoms. The van der Waals surface area contributed by atoms with Crippen molar-refractivity contribution in [3.63, 3.8) is 0 Å². The van der Waals surface area contributed by atoms with Gasteiger partial charge in [-0.05, 0) is 36.2 Å². The van der Waals surface area contributed by atoms with Crippen molar-refractivity contribution in [1.29, 1.82) is 0 Å². The Labute approximate surface area is 108 Å². The van der Waals surface area contributed by atoms with Crippen LogP contribution in [0.5, 0.6) is 0 Å². The van der Waals surface area contributed by atoms with Crippen molar-refractivity contribution in [2.75, 3.05) is 0 Å². The second kappa shape index (κ2) is 5.14. The van der Waals surface area contributed by atoms with Gasteiger partial charge in [0.05, 0.1) is 5.56 Å². The first-order valence-corrected chi connectivity index (χ1v) is 6.58. The van der Waals surface area contributed by atoms with E-state index in [1.807, 2.05) is 12.1 Å². The van der Waals surface area contributed by atoms with Crippen molar-refractivity contribution in [1.82, 2.24) is 0 Å². The summed E-state index contributed by atoms with van der Waals surface area (Å²) in [5, 5.41) is 0. The van der Waals surface area contributed by atoms with Crippen LogP contribution < -0.4 is 0 Å². The quantitative estimate of drug-likeness (QED) is 0.701. The number of hydrogen-bond acceptors (Lipinski definition) is 1. The van der Waals surface area contributed by atoms with Gasteiger partial charge in [0, 0.05) is 9.75 Å². The van der Waals surface area contributed by atoms with Crippen molar-refractivity contribution in [3.8, 4) is 10.4 Å². The lowest BCUT2D eigenvalue weighted by Crippen LogP contribution is -2.03. The third-order valence-electron chi connectivity index (χ3n) is 2.65. The largest absolute Gasteiger partial charge is 0.416 e. The molecule has 0 N–H and O–H groups in total. The number of aryl methyl sites for hydroxylation is 1. The van der Waals surface area contributed by atoms with E-state index in [4.69, 9.17) is 0 Å². The maximum Gasteiger partial charge on any atom is 0.416 e. The molecule has 0 fully saturated rings. The third-order valence-corrected chi connectivity index (χ3v) is 3.85. The van der Waals surface area contributed by atoms with Crippen molar-refractivity contribution < 1.29 is 13.2 Å². The summed E-state index contributed by atoms with van der Waals surface area (Å²) in [5.74, 6) is 0. The predicted molar refractivity (Wildman–Crippen MR) is 68.8 cm³/mol. The lowest BCUT2D eigenvalue weighted by molar-refractivity contribution is -0.137. The summed E-state index contributed by atoms with van der Waals surface area (Å²) in [6.07, 6.45) is -2.17. The minimum absolute atomic E-state index is 0.600. The molecule has 0 nitrogen and oxygen atoms in total. The highest BCUT2D eigenvalue weighted by molar-refractivity contribution is 7.15. The Hall–Kier alpha value is -1.29. The fraction of sp³-hybridized carbons (Fsp3) is 0.286. The molecule has 0 unspecified atom stereocenters. The molecule has 0 spiro atoms. The van der Waals surface area contributed by atoms with Gasteiger partial charge < -0.3 is 0 Å². The van der Waals surface area contributed by atoms with E-state index in [1.165, 1.54) is 17.0 Å². The molecular weight excluding hydrogens is 257 g/mol. The summed E-state index contributed by atoms with van der Waals surface area (Å²) in [6, 6.07) is 9.34. The summed E-state index contributed by atoms with van der Waals surface area (Å²) < 4.78 is 37.3. The van der Waals surface area contributed by atoms with Gasteiger partial charge in [-0.3, -0.25) is 0 Å². The molecule has 1 heterocycles. The predicted octanol–water partition coefficient (Wildman–Crippen LogP) is 5.39. The van der Waals surface area contributed by atoms with Crippen LogP contribution in [0.1, 0.15) is 23.8 Å². The average Bonchev–Trinajstić information content (AvgIpc) is 2.77. The standard InChI is InChI=1S/C14H13F3S/c1-2-3-12-8-9-13(18-12)10-4-6-11(7-5-10)14(15,16)17/h4-9H,2-3H2,1H3. The van der Waals surface area contributed by atoms with Crippen LogP contribution in [0.15, 0.2) is 36.4 Å². The molecular formula is C14H13F3S.